The number of carbonyl (C=O) groups excluding carboxylic acids is 1. The maximum atomic E-state index is 13.1. The van der Waals surface area contributed by atoms with E-state index in [1.54, 1.807) is 16.8 Å². The largest absolute Gasteiger partial charge is 0.383 e. The van der Waals surface area contributed by atoms with Crippen molar-refractivity contribution in [3.8, 4) is 5.69 Å². The number of aromatic nitrogens is 2. The fourth-order valence-electron chi connectivity index (χ4n) is 3.47. The number of hydrogen-bond acceptors (Lipinski definition) is 5. The first-order chi connectivity index (χ1) is 17.0. The van der Waals surface area contributed by atoms with Gasteiger partial charge in [-0.25, -0.2) is 13.1 Å². The quantitative estimate of drug-likeness (QED) is 0.437. The summed E-state index contributed by atoms with van der Waals surface area (Å²) in [6.45, 7) is 7.92. The number of methoxy groups -OCH3 is 1. The van der Waals surface area contributed by atoms with E-state index in [2.05, 4.69) is 5.32 Å². The van der Waals surface area contributed by atoms with Gasteiger partial charge < -0.3 is 10.1 Å². The number of hydrogen-bond donors (Lipinski definition) is 1. The molecule has 3 aromatic rings. The van der Waals surface area contributed by atoms with Crippen LogP contribution >= 0.6 is 0 Å². The van der Waals surface area contributed by atoms with Crippen LogP contribution in [-0.2, 0) is 25.0 Å². The normalized spacial score (nSPS) is 12.4. The molecule has 0 unspecified atom stereocenters. The lowest BCUT2D eigenvalue weighted by atomic mass is 9.92. The molecule has 192 valence electrons. The lowest BCUT2D eigenvalue weighted by Crippen LogP contribution is -2.39. The Balaban J connectivity index is 1.87. The van der Waals surface area contributed by atoms with E-state index in [0.29, 0.717) is 5.82 Å². The molecular weight excluding hydrogens is 476 g/mol. The number of ether oxygens (including phenoxy) is 1. The van der Waals surface area contributed by atoms with Crippen LogP contribution in [0.25, 0.3) is 11.8 Å². The minimum absolute atomic E-state index is 0.0374. The van der Waals surface area contributed by atoms with Crippen molar-refractivity contribution in [2.24, 2.45) is 0 Å². The zero-order valence-electron chi connectivity index (χ0n) is 21.4. The summed E-state index contributed by atoms with van der Waals surface area (Å²) in [6, 6.07) is 18.7. The maximum Gasteiger partial charge on any atom is 0.240 e. The highest BCUT2D eigenvalue weighted by molar-refractivity contribution is 7.92. The van der Waals surface area contributed by atoms with Gasteiger partial charge in [0.1, 0.15) is 5.82 Å². The fourth-order valence-corrected chi connectivity index (χ4v) is 4.60. The van der Waals surface area contributed by atoms with E-state index in [4.69, 9.17) is 9.84 Å². The van der Waals surface area contributed by atoms with Crippen LogP contribution in [0.2, 0.25) is 0 Å². The molecule has 1 aromatic heterocycles. The van der Waals surface area contributed by atoms with Gasteiger partial charge in [0, 0.05) is 30.5 Å². The molecule has 0 saturated heterocycles. The summed E-state index contributed by atoms with van der Waals surface area (Å²) in [5, 5.41) is 8.73. The molecule has 0 radical (unpaired) electrons. The van der Waals surface area contributed by atoms with Crippen molar-refractivity contribution in [3.05, 3.63) is 82.9 Å². The maximum absolute atomic E-state index is 13.1. The smallest absolute Gasteiger partial charge is 0.240 e. The number of rotatable bonds is 10. The van der Waals surface area contributed by atoms with Gasteiger partial charge in [0.05, 0.1) is 24.5 Å². The summed E-state index contributed by atoms with van der Waals surface area (Å²) in [6.07, 6.45) is 1.51. The second-order valence-corrected chi connectivity index (χ2v) is 11.3. The van der Waals surface area contributed by atoms with E-state index in [1.807, 2.05) is 76.2 Å². The average Bonchev–Trinajstić information content (AvgIpc) is 3.25. The SMILES string of the molecule is COCCN(CC(=O)Nc1cc(C(C)(C)C)nn1-c1ccccc1C)S(=O)(=O)/C=C/c1ccccc1. The number of anilines is 1. The standard InChI is InChI=1S/C27H34N4O4S/c1-21-11-9-10-14-23(21)31-25(19-24(29-31)27(2,3)4)28-26(32)20-30(16-17-35-5)36(33,34)18-15-22-12-7-6-8-13-22/h6-15,18-19H,16-17,20H2,1-5H3,(H,28,32)/b18-15+. The van der Waals surface area contributed by atoms with E-state index in [1.165, 1.54) is 13.2 Å². The van der Waals surface area contributed by atoms with Gasteiger partial charge in [-0.15, -0.1) is 0 Å². The minimum atomic E-state index is -3.88. The summed E-state index contributed by atoms with van der Waals surface area (Å²) < 4.78 is 34.0. The number of aryl methyl sites for hydroxylation is 1. The van der Waals surface area contributed by atoms with E-state index in [-0.39, 0.29) is 25.1 Å². The topological polar surface area (TPSA) is 93.5 Å². The number of carbonyl (C=O) groups is 1. The summed E-state index contributed by atoms with van der Waals surface area (Å²) in [5.74, 6) is 0.00104. The Morgan fingerprint density at radius 1 is 1.11 bits per heavy atom. The van der Waals surface area contributed by atoms with Crippen LogP contribution in [0.1, 0.15) is 37.6 Å². The van der Waals surface area contributed by atoms with Crippen molar-refractivity contribution < 1.29 is 17.9 Å². The summed E-state index contributed by atoms with van der Waals surface area (Å²) >= 11 is 0. The monoisotopic (exact) mass is 510 g/mol. The second-order valence-electron chi connectivity index (χ2n) is 9.50. The van der Waals surface area contributed by atoms with Crippen molar-refractivity contribution in [3.63, 3.8) is 0 Å². The summed E-state index contributed by atoms with van der Waals surface area (Å²) in [5.41, 5.74) is 3.12. The van der Waals surface area contributed by atoms with Gasteiger partial charge in [-0.1, -0.05) is 69.3 Å². The Bertz CT molecular complexity index is 1310. The molecule has 1 heterocycles. The molecule has 0 spiro atoms. The highest BCUT2D eigenvalue weighted by Crippen LogP contribution is 2.27. The zero-order valence-corrected chi connectivity index (χ0v) is 22.2. The molecule has 3 rings (SSSR count). The van der Waals surface area contributed by atoms with Crippen LogP contribution in [0.5, 0.6) is 0 Å². The van der Waals surface area contributed by atoms with Gasteiger partial charge in [0.2, 0.25) is 15.9 Å². The number of sulfonamides is 1. The third kappa shape index (κ3) is 7.13. The van der Waals surface area contributed by atoms with E-state index in [9.17, 15) is 13.2 Å². The van der Waals surface area contributed by atoms with Crippen LogP contribution in [-0.4, -0.2) is 55.2 Å². The minimum Gasteiger partial charge on any atom is -0.383 e. The molecule has 0 aliphatic rings. The summed E-state index contributed by atoms with van der Waals surface area (Å²) in [7, 11) is -2.39. The second kappa shape index (κ2) is 11.6. The Morgan fingerprint density at radius 3 is 2.42 bits per heavy atom. The zero-order chi connectivity index (χ0) is 26.3. The third-order valence-electron chi connectivity index (χ3n) is 5.55. The molecule has 1 N–H and O–H groups in total. The molecule has 1 amide bonds. The Morgan fingerprint density at radius 2 is 1.78 bits per heavy atom. The Labute approximate surface area is 213 Å². The van der Waals surface area contributed by atoms with Gasteiger partial charge in [0.15, 0.2) is 0 Å². The number of amides is 1. The molecule has 9 heteroatoms. The lowest BCUT2D eigenvalue weighted by molar-refractivity contribution is -0.116. The highest BCUT2D eigenvalue weighted by atomic mass is 32.2. The first kappa shape index (κ1) is 27.3. The summed E-state index contributed by atoms with van der Waals surface area (Å²) in [4.78, 5) is 13.1. The van der Waals surface area contributed by atoms with E-state index in [0.717, 1.165) is 32.2 Å². The van der Waals surface area contributed by atoms with Crippen LogP contribution < -0.4 is 5.32 Å². The number of nitrogens with zero attached hydrogens (tertiary/aromatic N) is 3. The molecule has 8 nitrogen and oxygen atoms in total. The number of nitrogens with one attached hydrogen (secondary N) is 1. The Hall–Kier alpha value is -3.27. The molecule has 0 fully saturated rings. The van der Waals surface area contributed by atoms with Crippen LogP contribution in [0, 0.1) is 6.92 Å². The van der Waals surface area contributed by atoms with Crippen molar-refractivity contribution in [2.45, 2.75) is 33.1 Å². The van der Waals surface area contributed by atoms with Crippen LogP contribution in [0.3, 0.4) is 0 Å². The third-order valence-corrected chi connectivity index (χ3v) is 7.06. The molecule has 0 aliphatic carbocycles. The predicted molar refractivity (Wildman–Crippen MR) is 143 cm³/mol. The van der Waals surface area contributed by atoms with Gasteiger partial charge in [-0.2, -0.15) is 9.40 Å². The van der Waals surface area contributed by atoms with E-state index >= 15 is 0 Å². The van der Waals surface area contributed by atoms with Crippen molar-refractivity contribution in [1.82, 2.24) is 14.1 Å². The van der Waals surface area contributed by atoms with Crippen LogP contribution in [0.4, 0.5) is 5.82 Å². The van der Waals surface area contributed by atoms with Crippen molar-refractivity contribution in [1.29, 1.82) is 0 Å². The molecule has 0 atom stereocenters. The molecule has 0 bridgehead atoms. The first-order valence-electron chi connectivity index (χ1n) is 11.7. The van der Waals surface area contributed by atoms with Gasteiger partial charge in [0.25, 0.3) is 0 Å². The molecule has 0 aliphatic heterocycles. The Kier molecular flexibility index (Phi) is 8.84. The number of para-hydroxylation sites is 1. The lowest BCUT2D eigenvalue weighted by Gasteiger charge is -2.20. The van der Waals surface area contributed by atoms with E-state index < -0.39 is 15.9 Å². The average molecular weight is 511 g/mol. The molecule has 0 saturated carbocycles. The van der Waals surface area contributed by atoms with Crippen molar-refractivity contribution >= 4 is 27.8 Å². The molecule has 36 heavy (non-hydrogen) atoms. The first-order valence-corrected chi connectivity index (χ1v) is 13.2. The molecule has 2 aromatic carbocycles. The van der Waals surface area contributed by atoms with Gasteiger partial charge >= 0.3 is 0 Å². The fraction of sp³-hybridized carbons (Fsp3) is 0.333. The van der Waals surface area contributed by atoms with Gasteiger partial charge in [-0.05, 0) is 30.2 Å². The highest BCUT2D eigenvalue weighted by Gasteiger charge is 2.25. The van der Waals surface area contributed by atoms with Crippen molar-refractivity contribution in [2.75, 3.05) is 32.1 Å². The number of benzene rings is 2. The van der Waals surface area contributed by atoms with Gasteiger partial charge in [-0.3, -0.25) is 4.79 Å². The predicted octanol–water partition coefficient (Wildman–Crippen LogP) is 4.37. The van der Waals surface area contributed by atoms with Crippen LogP contribution in [0.15, 0.2) is 66.1 Å². The molecular formula is C27H34N4O4S.